The zero-order valence-electron chi connectivity index (χ0n) is 14.7. The number of alkyl halides is 2. The Balaban J connectivity index is 1.98. The maximum absolute atomic E-state index is 15.3. The van der Waals surface area contributed by atoms with Crippen LogP contribution in [0.2, 0.25) is 0 Å². The van der Waals surface area contributed by atoms with E-state index in [4.69, 9.17) is 9.47 Å². The molecule has 1 saturated heterocycles. The fraction of sp³-hybridized carbons (Fsp3) is 0.300. The molecule has 0 aliphatic carbocycles. The number of carbonyl (C=O) groups excluding carboxylic acids is 1. The van der Waals surface area contributed by atoms with Crippen LogP contribution >= 0.6 is 15.9 Å². The molecule has 0 aromatic heterocycles. The summed E-state index contributed by atoms with van der Waals surface area (Å²) >= 11 is 3.15. The van der Waals surface area contributed by atoms with Crippen LogP contribution in [-0.2, 0) is 9.47 Å². The molecule has 4 atom stereocenters. The molecule has 1 heterocycles. The van der Waals surface area contributed by atoms with Crippen molar-refractivity contribution in [3.8, 4) is 0 Å². The first-order chi connectivity index (χ1) is 12.7. The number of benzene rings is 2. The fourth-order valence-corrected chi connectivity index (χ4v) is 3.62. The lowest BCUT2D eigenvalue weighted by Gasteiger charge is -2.26. The second-order valence-corrected chi connectivity index (χ2v) is 7.37. The number of halogens is 2. The minimum atomic E-state index is -2.01. The Hall–Kier alpha value is -2.25. The summed E-state index contributed by atoms with van der Waals surface area (Å²) in [6.45, 7) is 2.90. The summed E-state index contributed by atoms with van der Waals surface area (Å²) in [6, 6.07) is 12.9. The van der Waals surface area contributed by atoms with Crippen molar-refractivity contribution in [2.24, 2.45) is 0 Å². The normalized spacial score (nSPS) is 27.3. The Morgan fingerprint density at radius 2 is 1.85 bits per heavy atom. The van der Waals surface area contributed by atoms with Crippen molar-refractivity contribution in [2.45, 2.75) is 36.7 Å². The van der Waals surface area contributed by atoms with Gasteiger partial charge in [-0.05, 0) is 43.2 Å². The third kappa shape index (κ3) is 3.61. The first kappa shape index (κ1) is 19.5. The number of carboxylic acids is 1. The van der Waals surface area contributed by atoms with Gasteiger partial charge in [-0.1, -0.05) is 46.3 Å². The van der Waals surface area contributed by atoms with Gasteiger partial charge in [0.25, 0.3) is 0 Å². The van der Waals surface area contributed by atoms with Crippen LogP contribution in [-0.4, -0.2) is 33.8 Å². The highest BCUT2D eigenvalue weighted by Crippen LogP contribution is 2.47. The van der Waals surface area contributed by atoms with E-state index in [9.17, 15) is 14.7 Å². The SMILES string of the molecule is Cc1c(C(=O)O)cccc1[C@H]1O[C@H](Br)[C@](C)(F)[C@@H]1OC(=O)c1ccccc1. The van der Waals surface area contributed by atoms with E-state index in [1.165, 1.54) is 13.0 Å². The molecule has 1 N–H and O–H groups in total. The zero-order chi connectivity index (χ0) is 19.8. The Labute approximate surface area is 164 Å². The molecule has 0 unspecified atom stereocenters. The Morgan fingerprint density at radius 1 is 1.19 bits per heavy atom. The van der Waals surface area contributed by atoms with Gasteiger partial charge in [-0.2, -0.15) is 0 Å². The van der Waals surface area contributed by atoms with Gasteiger partial charge in [-0.25, -0.2) is 14.0 Å². The molecule has 0 bridgehead atoms. The molecule has 2 aromatic carbocycles. The summed E-state index contributed by atoms with van der Waals surface area (Å²) in [5.74, 6) is -1.77. The molecule has 1 aliphatic heterocycles. The molecule has 142 valence electrons. The summed E-state index contributed by atoms with van der Waals surface area (Å²) in [6.07, 6.45) is -2.20. The average molecular weight is 437 g/mol. The van der Waals surface area contributed by atoms with Gasteiger partial charge in [0.2, 0.25) is 0 Å². The van der Waals surface area contributed by atoms with Gasteiger partial charge < -0.3 is 14.6 Å². The van der Waals surface area contributed by atoms with Crippen LogP contribution in [0.3, 0.4) is 0 Å². The van der Waals surface area contributed by atoms with E-state index in [1.54, 1.807) is 49.4 Å². The van der Waals surface area contributed by atoms with Crippen molar-refractivity contribution < 1.29 is 28.6 Å². The Kier molecular flexibility index (Phi) is 5.35. The average Bonchev–Trinajstić information content (AvgIpc) is 2.85. The summed E-state index contributed by atoms with van der Waals surface area (Å²) in [4.78, 5) is 23.9. The predicted octanol–water partition coefficient (Wildman–Crippen LogP) is 4.44. The van der Waals surface area contributed by atoms with Crippen LogP contribution in [0.5, 0.6) is 0 Å². The minimum absolute atomic E-state index is 0.0859. The smallest absolute Gasteiger partial charge is 0.338 e. The van der Waals surface area contributed by atoms with Crippen LogP contribution in [0.1, 0.15) is 44.9 Å². The molecule has 27 heavy (non-hydrogen) atoms. The van der Waals surface area contributed by atoms with Gasteiger partial charge in [0, 0.05) is 0 Å². The monoisotopic (exact) mass is 436 g/mol. The third-order valence-electron chi connectivity index (χ3n) is 4.70. The molecule has 0 amide bonds. The lowest BCUT2D eigenvalue weighted by atomic mass is 9.91. The maximum Gasteiger partial charge on any atom is 0.338 e. The molecule has 1 aliphatic rings. The fourth-order valence-electron chi connectivity index (χ4n) is 3.12. The molecular weight excluding hydrogens is 419 g/mol. The second kappa shape index (κ2) is 7.40. The number of rotatable bonds is 4. The Morgan fingerprint density at radius 3 is 2.48 bits per heavy atom. The highest BCUT2D eigenvalue weighted by molar-refractivity contribution is 9.09. The lowest BCUT2D eigenvalue weighted by molar-refractivity contribution is -0.0245. The number of aromatic carboxylic acids is 1. The quantitative estimate of drug-likeness (QED) is 0.566. The molecule has 2 aromatic rings. The molecule has 1 fully saturated rings. The summed E-state index contributed by atoms with van der Waals surface area (Å²) in [5, 5.41) is 8.32. The molecule has 7 heteroatoms. The standard InChI is InChI=1S/C20H18BrFO5/c1-11-13(9-6-10-14(11)17(23)24)15-16(20(2,22)19(21)26-15)27-18(25)12-7-4-3-5-8-12/h3-10,15-16,19H,1-2H3,(H,23,24)/t15-,16-,19+,20-/m1/s1. The van der Waals surface area contributed by atoms with E-state index in [1.807, 2.05) is 0 Å². The first-order valence-corrected chi connectivity index (χ1v) is 9.22. The van der Waals surface area contributed by atoms with Crippen molar-refractivity contribution in [3.63, 3.8) is 0 Å². The topological polar surface area (TPSA) is 72.8 Å². The van der Waals surface area contributed by atoms with Crippen molar-refractivity contribution >= 4 is 27.9 Å². The van der Waals surface area contributed by atoms with Crippen LogP contribution in [0.4, 0.5) is 4.39 Å². The summed E-state index contributed by atoms with van der Waals surface area (Å²) in [5.41, 5.74) is -0.732. The van der Waals surface area contributed by atoms with Gasteiger partial charge in [-0.3, -0.25) is 0 Å². The number of hydrogen-bond acceptors (Lipinski definition) is 4. The van der Waals surface area contributed by atoms with Gasteiger partial charge in [0.05, 0.1) is 11.1 Å². The zero-order valence-corrected chi connectivity index (χ0v) is 16.3. The molecular formula is C20H18BrFO5. The second-order valence-electron chi connectivity index (χ2n) is 6.54. The van der Waals surface area contributed by atoms with Gasteiger partial charge >= 0.3 is 11.9 Å². The maximum atomic E-state index is 15.3. The van der Waals surface area contributed by atoms with Gasteiger partial charge in [0.1, 0.15) is 6.10 Å². The van der Waals surface area contributed by atoms with Crippen LogP contribution in [0.15, 0.2) is 48.5 Å². The largest absolute Gasteiger partial charge is 0.478 e. The van der Waals surface area contributed by atoms with E-state index >= 15 is 4.39 Å². The van der Waals surface area contributed by atoms with E-state index in [0.29, 0.717) is 16.7 Å². The Bertz CT molecular complexity index is 868. The molecule has 3 rings (SSSR count). The summed E-state index contributed by atoms with van der Waals surface area (Å²) < 4.78 is 26.5. The number of carboxylic acid groups (broad SMARTS) is 1. The summed E-state index contributed by atoms with van der Waals surface area (Å²) in [7, 11) is 0. The van der Waals surface area contributed by atoms with Gasteiger partial charge in [0.15, 0.2) is 16.8 Å². The molecule has 0 radical (unpaired) electrons. The highest BCUT2D eigenvalue weighted by Gasteiger charge is 2.57. The predicted molar refractivity (Wildman–Crippen MR) is 99.8 cm³/mol. The first-order valence-electron chi connectivity index (χ1n) is 8.30. The number of esters is 1. The molecule has 0 spiro atoms. The van der Waals surface area contributed by atoms with Crippen LogP contribution < -0.4 is 0 Å². The van der Waals surface area contributed by atoms with Crippen molar-refractivity contribution in [2.75, 3.05) is 0 Å². The van der Waals surface area contributed by atoms with E-state index in [2.05, 4.69) is 15.9 Å². The van der Waals surface area contributed by atoms with E-state index in [-0.39, 0.29) is 5.56 Å². The number of ether oxygens (including phenoxy) is 2. The highest BCUT2D eigenvalue weighted by atomic mass is 79.9. The van der Waals surface area contributed by atoms with E-state index in [0.717, 1.165) is 0 Å². The van der Waals surface area contributed by atoms with Crippen LogP contribution in [0, 0.1) is 6.92 Å². The van der Waals surface area contributed by atoms with Crippen LogP contribution in [0.25, 0.3) is 0 Å². The minimum Gasteiger partial charge on any atom is -0.478 e. The van der Waals surface area contributed by atoms with E-state index < -0.39 is 34.8 Å². The molecule has 5 nitrogen and oxygen atoms in total. The lowest BCUT2D eigenvalue weighted by Crippen LogP contribution is -2.40. The van der Waals surface area contributed by atoms with Crippen molar-refractivity contribution in [1.29, 1.82) is 0 Å². The van der Waals surface area contributed by atoms with Crippen molar-refractivity contribution in [1.82, 2.24) is 0 Å². The van der Waals surface area contributed by atoms with Gasteiger partial charge in [-0.15, -0.1) is 0 Å². The number of carbonyl (C=O) groups is 2. The number of hydrogen-bond donors (Lipinski definition) is 1. The molecule has 0 saturated carbocycles. The van der Waals surface area contributed by atoms with Crippen molar-refractivity contribution in [3.05, 3.63) is 70.8 Å². The third-order valence-corrected chi connectivity index (χ3v) is 5.81.